The molecule has 2 aromatic rings. The summed E-state index contributed by atoms with van der Waals surface area (Å²) in [6.45, 7) is 4.17. The number of ether oxygens (including phenoxy) is 1. The van der Waals surface area contributed by atoms with Gasteiger partial charge in [0.1, 0.15) is 11.8 Å². The number of nitrogens with zero attached hydrogens (tertiary/aromatic N) is 1. The molecule has 0 bridgehead atoms. The summed E-state index contributed by atoms with van der Waals surface area (Å²) in [4.78, 5) is 26.1. The van der Waals surface area contributed by atoms with Gasteiger partial charge < -0.3 is 15.0 Å². The quantitative estimate of drug-likeness (QED) is 0.890. The third kappa shape index (κ3) is 3.46. The minimum atomic E-state index is -0.713. The molecular formula is C19H19ClN2O3. The predicted molar refractivity (Wildman–Crippen MR) is 96.8 cm³/mol. The number of carbonyl (C=O) groups is 2. The van der Waals surface area contributed by atoms with Crippen LogP contribution in [0.5, 0.6) is 5.75 Å². The van der Waals surface area contributed by atoms with Crippen molar-refractivity contribution >= 4 is 29.1 Å². The number of halogens is 1. The van der Waals surface area contributed by atoms with Crippen molar-refractivity contribution in [1.29, 1.82) is 0 Å². The monoisotopic (exact) mass is 358 g/mol. The minimum absolute atomic E-state index is 0.182. The first-order valence-corrected chi connectivity index (χ1v) is 8.47. The zero-order valence-corrected chi connectivity index (χ0v) is 14.8. The van der Waals surface area contributed by atoms with Crippen molar-refractivity contribution in [2.24, 2.45) is 0 Å². The van der Waals surface area contributed by atoms with E-state index in [-0.39, 0.29) is 11.8 Å². The van der Waals surface area contributed by atoms with Crippen LogP contribution in [0.4, 0.5) is 5.69 Å². The molecule has 0 spiro atoms. The average Bonchev–Trinajstić information content (AvgIpc) is 2.82. The van der Waals surface area contributed by atoms with Crippen LogP contribution in [0.25, 0.3) is 0 Å². The Morgan fingerprint density at radius 1 is 1.28 bits per heavy atom. The van der Waals surface area contributed by atoms with Crippen molar-refractivity contribution in [1.82, 2.24) is 5.32 Å². The summed E-state index contributed by atoms with van der Waals surface area (Å²) in [6, 6.07) is 12.2. The molecule has 0 aromatic heterocycles. The molecule has 25 heavy (non-hydrogen) atoms. The largest absolute Gasteiger partial charge is 0.494 e. The van der Waals surface area contributed by atoms with E-state index in [9.17, 15) is 9.59 Å². The summed E-state index contributed by atoms with van der Waals surface area (Å²) < 4.78 is 5.53. The third-order valence-electron chi connectivity index (χ3n) is 4.06. The number of rotatable bonds is 5. The summed E-state index contributed by atoms with van der Waals surface area (Å²) in [5, 5.41) is 3.33. The van der Waals surface area contributed by atoms with Crippen LogP contribution < -0.4 is 15.0 Å². The second-order valence-electron chi connectivity index (χ2n) is 5.80. The van der Waals surface area contributed by atoms with Gasteiger partial charge in [0.05, 0.1) is 18.8 Å². The number of benzene rings is 2. The topological polar surface area (TPSA) is 58.6 Å². The second kappa shape index (κ2) is 7.15. The van der Waals surface area contributed by atoms with Crippen LogP contribution in [0.1, 0.15) is 31.0 Å². The van der Waals surface area contributed by atoms with Crippen molar-refractivity contribution in [3.8, 4) is 5.75 Å². The molecular weight excluding hydrogens is 340 g/mol. The highest BCUT2D eigenvalue weighted by Crippen LogP contribution is 2.39. The summed E-state index contributed by atoms with van der Waals surface area (Å²) in [6.07, 6.45) is 0. The number of nitrogens with one attached hydrogen (secondary N) is 1. The number of hydrogen-bond donors (Lipinski definition) is 1. The van der Waals surface area contributed by atoms with Gasteiger partial charge in [-0.3, -0.25) is 9.59 Å². The van der Waals surface area contributed by atoms with Gasteiger partial charge >= 0.3 is 0 Å². The van der Waals surface area contributed by atoms with Crippen LogP contribution >= 0.6 is 11.6 Å². The van der Waals surface area contributed by atoms with Crippen molar-refractivity contribution in [3.05, 3.63) is 58.6 Å². The summed E-state index contributed by atoms with van der Waals surface area (Å²) >= 11 is 6.24. The molecule has 0 saturated carbocycles. The van der Waals surface area contributed by atoms with E-state index in [1.807, 2.05) is 43.3 Å². The van der Waals surface area contributed by atoms with Gasteiger partial charge in [0, 0.05) is 17.5 Å². The van der Waals surface area contributed by atoms with Gasteiger partial charge in [-0.05, 0) is 36.8 Å². The highest BCUT2D eigenvalue weighted by molar-refractivity contribution is 6.31. The molecule has 0 unspecified atom stereocenters. The van der Waals surface area contributed by atoms with Crippen molar-refractivity contribution < 1.29 is 14.3 Å². The number of carbonyl (C=O) groups excluding carboxylic acids is 2. The average molecular weight is 359 g/mol. The van der Waals surface area contributed by atoms with Gasteiger partial charge in [0.15, 0.2) is 0 Å². The standard InChI is InChI=1S/C19H19ClN2O3/c1-3-25-14-8-9-17-15(10-14)18(21-12(2)23)19(24)22(17)11-13-6-4-5-7-16(13)20/h4-10,18H,3,11H2,1-2H3,(H,21,23)/t18-/m0/s1. The molecule has 3 rings (SSSR count). The second-order valence-corrected chi connectivity index (χ2v) is 6.21. The highest BCUT2D eigenvalue weighted by atomic mass is 35.5. The SMILES string of the molecule is CCOc1ccc2c(c1)[C@H](NC(C)=O)C(=O)N2Cc1ccccc1Cl. The molecule has 1 aliphatic rings. The molecule has 0 radical (unpaired) electrons. The summed E-state index contributed by atoms with van der Waals surface area (Å²) in [7, 11) is 0. The van der Waals surface area contributed by atoms with E-state index in [4.69, 9.17) is 16.3 Å². The Kier molecular flexibility index (Phi) is 4.95. The lowest BCUT2D eigenvalue weighted by atomic mass is 10.1. The lowest BCUT2D eigenvalue weighted by molar-refractivity contribution is -0.126. The first-order valence-electron chi connectivity index (χ1n) is 8.10. The van der Waals surface area contributed by atoms with Gasteiger partial charge in [-0.15, -0.1) is 0 Å². The minimum Gasteiger partial charge on any atom is -0.494 e. The zero-order valence-electron chi connectivity index (χ0n) is 14.1. The van der Waals surface area contributed by atoms with E-state index >= 15 is 0 Å². The van der Waals surface area contributed by atoms with E-state index < -0.39 is 6.04 Å². The van der Waals surface area contributed by atoms with Crippen LogP contribution in [0.2, 0.25) is 5.02 Å². The Bertz CT molecular complexity index is 822. The maximum absolute atomic E-state index is 12.9. The van der Waals surface area contributed by atoms with Crippen molar-refractivity contribution in [2.75, 3.05) is 11.5 Å². The third-order valence-corrected chi connectivity index (χ3v) is 4.43. The molecule has 0 aliphatic carbocycles. The molecule has 6 heteroatoms. The molecule has 0 fully saturated rings. The van der Waals surface area contributed by atoms with E-state index in [1.165, 1.54) is 6.92 Å². The Morgan fingerprint density at radius 2 is 2.04 bits per heavy atom. The van der Waals surface area contributed by atoms with Crippen molar-refractivity contribution in [3.63, 3.8) is 0 Å². The van der Waals surface area contributed by atoms with Crippen LogP contribution in [0, 0.1) is 0 Å². The van der Waals surface area contributed by atoms with Crippen LogP contribution in [-0.4, -0.2) is 18.4 Å². The molecule has 1 atom stereocenters. The molecule has 5 nitrogen and oxygen atoms in total. The number of amides is 2. The fraction of sp³-hybridized carbons (Fsp3) is 0.263. The lowest BCUT2D eigenvalue weighted by Crippen LogP contribution is -2.36. The van der Waals surface area contributed by atoms with Gasteiger partial charge in [-0.2, -0.15) is 0 Å². The highest BCUT2D eigenvalue weighted by Gasteiger charge is 2.38. The normalized spacial score (nSPS) is 15.9. The number of fused-ring (bicyclic) bond motifs is 1. The van der Waals surface area contributed by atoms with E-state index in [2.05, 4.69) is 5.32 Å². The first-order chi connectivity index (χ1) is 12.0. The Hall–Kier alpha value is -2.53. The molecule has 1 aliphatic heterocycles. The van der Waals surface area contributed by atoms with Gasteiger partial charge in [0.2, 0.25) is 5.91 Å². The van der Waals surface area contributed by atoms with Crippen LogP contribution in [0.3, 0.4) is 0 Å². The molecule has 2 aromatic carbocycles. The molecule has 130 valence electrons. The van der Waals surface area contributed by atoms with Gasteiger partial charge in [-0.1, -0.05) is 29.8 Å². The van der Waals surface area contributed by atoms with Crippen LogP contribution in [-0.2, 0) is 16.1 Å². The zero-order chi connectivity index (χ0) is 18.0. The predicted octanol–water partition coefficient (Wildman–Crippen LogP) is 3.46. The lowest BCUT2D eigenvalue weighted by Gasteiger charge is -2.19. The summed E-state index contributed by atoms with van der Waals surface area (Å²) in [5.41, 5.74) is 2.34. The number of hydrogen-bond acceptors (Lipinski definition) is 3. The first kappa shape index (κ1) is 17.3. The smallest absolute Gasteiger partial charge is 0.254 e. The Balaban J connectivity index is 1.99. The van der Waals surface area contributed by atoms with Crippen molar-refractivity contribution in [2.45, 2.75) is 26.4 Å². The fourth-order valence-electron chi connectivity index (χ4n) is 2.98. The summed E-state index contributed by atoms with van der Waals surface area (Å²) in [5.74, 6) is 0.230. The fourth-order valence-corrected chi connectivity index (χ4v) is 3.17. The van der Waals surface area contributed by atoms with E-state index in [0.29, 0.717) is 23.9 Å². The molecule has 0 saturated heterocycles. The van der Waals surface area contributed by atoms with E-state index in [0.717, 1.165) is 16.8 Å². The van der Waals surface area contributed by atoms with Gasteiger partial charge in [0.25, 0.3) is 5.91 Å². The van der Waals surface area contributed by atoms with E-state index in [1.54, 1.807) is 11.0 Å². The Morgan fingerprint density at radius 3 is 2.72 bits per heavy atom. The molecule has 1 heterocycles. The molecule has 1 N–H and O–H groups in total. The number of anilines is 1. The van der Waals surface area contributed by atoms with Crippen LogP contribution in [0.15, 0.2) is 42.5 Å². The Labute approximate surface area is 151 Å². The maximum Gasteiger partial charge on any atom is 0.254 e. The maximum atomic E-state index is 12.9. The van der Waals surface area contributed by atoms with Gasteiger partial charge in [-0.25, -0.2) is 0 Å². The molecule has 2 amide bonds.